The van der Waals surface area contributed by atoms with Crippen LogP contribution in [0.3, 0.4) is 0 Å². The van der Waals surface area contributed by atoms with Crippen molar-refractivity contribution in [3.8, 4) is 0 Å². The van der Waals surface area contributed by atoms with Crippen molar-refractivity contribution < 1.29 is 14.4 Å². The van der Waals surface area contributed by atoms with E-state index in [0.717, 1.165) is 17.8 Å². The highest BCUT2D eigenvalue weighted by atomic mass is 32.1. The van der Waals surface area contributed by atoms with Crippen LogP contribution in [-0.4, -0.2) is 71.7 Å². The lowest BCUT2D eigenvalue weighted by Gasteiger charge is -2.36. The number of rotatable bonds is 5. The van der Waals surface area contributed by atoms with Crippen molar-refractivity contribution in [2.75, 3.05) is 39.3 Å². The summed E-state index contributed by atoms with van der Waals surface area (Å²) in [6.45, 7) is 5.59. The first-order valence-electron chi connectivity index (χ1n) is 8.95. The summed E-state index contributed by atoms with van der Waals surface area (Å²) in [5.74, 6) is 0.0643. The Balaban J connectivity index is 1.48. The summed E-state index contributed by atoms with van der Waals surface area (Å²) < 4.78 is 0. The molecule has 3 amide bonds. The van der Waals surface area contributed by atoms with Gasteiger partial charge < -0.3 is 14.7 Å². The number of likely N-dealkylation sites (tertiary alicyclic amines) is 1. The summed E-state index contributed by atoms with van der Waals surface area (Å²) in [4.78, 5) is 43.5. The van der Waals surface area contributed by atoms with E-state index in [-0.39, 0.29) is 23.6 Å². The van der Waals surface area contributed by atoms with Crippen molar-refractivity contribution in [3.63, 3.8) is 0 Å². The number of carbonyl (C=O) groups is 3. The number of nitrogens with zero attached hydrogens (tertiary/aromatic N) is 3. The summed E-state index contributed by atoms with van der Waals surface area (Å²) in [5.41, 5.74) is 0. The Bertz CT molecular complexity index is 624. The maximum Gasteiger partial charge on any atom is 0.228 e. The Morgan fingerprint density at radius 2 is 1.92 bits per heavy atom. The molecule has 1 atom stereocenters. The molecule has 0 aromatic carbocycles. The van der Waals surface area contributed by atoms with Crippen LogP contribution in [0.2, 0.25) is 0 Å². The largest absolute Gasteiger partial charge is 0.342 e. The van der Waals surface area contributed by atoms with Crippen molar-refractivity contribution in [2.45, 2.75) is 26.2 Å². The molecule has 0 radical (unpaired) electrons. The van der Waals surface area contributed by atoms with E-state index >= 15 is 0 Å². The Hall–Kier alpha value is -1.89. The first kappa shape index (κ1) is 17.9. The zero-order chi connectivity index (χ0) is 17.8. The number of hydrogen-bond donors (Lipinski definition) is 0. The van der Waals surface area contributed by atoms with Gasteiger partial charge in [0, 0.05) is 50.6 Å². The van der Waals surface area contributed by atoms with Gasteiger partial charge in [-0.3, -0.25) is 14.4 Å². The van der Waals surface area contributed by atoms with E-state index in [9.17, 15) is 14.4 Å². The summed E-state index contributed by atoms with van der Waals surface area (Å²) in [5, 5.41) is 1.98. The van der Waals surface area contributed by atoms with Gasteiger partial charge in [0.2, 0.25) is 17.7 Å². The Kier molecular flexibility index (Phi) is 5.73. The average molecular weight is 363 g/mol. The van der Waals surface area contributed by atoms with Gasteiger partial charge in [0.1, 0.15) is 0 Å². The molecule has 3 heterocycles. The molecular formula is C18H25N3O3S. The molecule has 0 bridgehead atoms. The Morgan fingerprint density at radius 3 is 2.56 bits per heavy atom. The minimum atomic E-state index is -0.215. The quantitative estimate of drug-likeness (QED) is 0.790. The molecule has 0 N–H and O–H groups in total. The topological polar surface area (TPSA) is 60.9 Å². The van der Waals surface area contributed by atoms with Gasteiger partial charge in [-0.25, -0.2) is 0 Å². The van der Waals surface area contributed by atoms with Crippen molar-refractivity contribution in [1.82, 2.24) is 14.7 Å². The van der Waals surface area contributed by atoms with Crippen LogP contribution in [0, 0.1) is 5.92 Å². The fourth-order valence-electron chi connectivity index (χ4n) is 3.53. The standard InChI is InChI=1S/C18H25N3O3S/c1-2-5-21-13-14(11-16(21)22)18(24)20-8-6-19(7-9-20)17(23)12-15-4-3-10-25-15/h3-4,10,14H,2,5-9,11-13H2,1H3. The van der Waals surface area contributed by atoms with Crippen LogP contribution in [0.1, 0.15) is 24.6 Å². The second kappa shape index (κ2) is 7.99. The first-order chi connectivity index (χ1) is 12.1. The molecule has 0 saturated carbocycles. The van der Waals surface area contributed by atoms with E-state index in [1.54, 1.807) is 16.2 Å². The third-order valence-electron chi connectivity index (χ3n) is 4.91. The molecule has 6 nitrogen and oxygen atoms in total. The van der Waals surface area contributed by atoms with Gasteiger partial charge in [-0.1, -0.05) is 13.0 Å². The number of carbonyl (C=O) groups excluding carboxylic acids is 3. The normalized spacial score (nSPS) is 21.1. The molecule has 1 unspecified atom stereocenters. The third kappa shape index (κ3) is 4.21. The molecule has 0 spiro atoms. The molecule has 3 rings (SSSR count). The van der Waals surface area contributed by atoms with Crippen molar-refractivity contribution in [1.29, 1.82) is 0 Å². The molecule has 7 heteroatoms. The smallest absolute Gasteiger partial charge is 0.228 e. The molecule has 2 aliphatic rings. The highest BCUT2D eigenvalue weighted by Gasteiger charge is 2.37. The van der Waals surface area contributed by atoms with Crippen LogP contribution >= 0.6 is 11.3 Å². The van der Waals surface area contributed by atoms with Crippen LogP contribution in [0.5, 0.6) is 0 Å². The van der Waals surface area contributed by atoms with Gasteiger partial charge in [-0.15, -0.1) is 11.3 Å². The van der Waals surface area contributed by atoms with Gasteiger partial charge in [-0.2, -0.15) is 0 Å². The van der Waals surface area contributed by atoms with Crippen molar-refractivity contribution in [2.24, 2.45) is 5.92 Å². The van der Waals surface area contributed by atoms with E-state index in [4.69, 9.17) is 0 Å². The Labute approximate surface area is 152 Å². The van der Waals surface area contributed by atoms with E-state index in [1.807, 2.05) is 34.2 Å². The fraction of sp³-hybridized carbons (Fsp3) is 0.611. The van der Waals surface area contributed by atoms with Gasteiger partial charge in [0.15, 0.2) is 0 Å². The number of hydrogen-bond acceptors (Lipinski definition) is 4. The predicted molar refractivity (Wildman–Crippen MR) is 96.2 cm³/mol. The van der Waals surface area contributed by atoms with E-state index in [2.05, 4.69) is 0 Å². The second-order valence-corrected chi connectivity index (χ2v) is 7.74. The first-order valence-corrected chi connectivity index (χ1v) is 9.83. The summed E-state index contributed by atoms with van der Waals surface area (Å²) in [7, 11) is 0. The zero-order valence-corrected chi connectivity index (χ0v) is 15.5. The van der Waals surface area contributed by atoms with Crippen LogP contribution in [0.25, 0.3) is 0 Å². The minimum absolute atomic E-state index is 0.0670. The average Bonchev–Trinajstić information content (AvgIpc) is 3.25. The minimum Gasteiger partial charge on any atom is -0.342 e. The number of piperazine rings is 1. The Morgan fingerprint density at radius 1 is 1.20 bits per heavy atom. The molecule has 2 saturated heterocycles. The molecule has 2 fully saturated rings. The molecular weight excluding hydrogens is 338 g/mol. The van der Waals surface area contributed by atoms with Gasteiger partial charge in [0.25, 0.3) is 0 Å². The van der Waals surface area contributed by atoms with Gasteiger partial charge >= 0.3 is 0 Å². The lowest BCUT2D eigenvalue weighted by Crippen LogP contribution is -2.52. The lowest BCUT2D eigenvalue weighted by atomic mass is 10.1. The summed E-state index contributed by atoms with van der Waals surface area (Å²) in [6.07, 6.45) is 1.68. The van der Waals surface area contributed by atoms with Crippen LogP contribution in [0.4, 0.5) is 0 Å². The number of thiophene rings is 1. The molecule has 2 aliphatic heterocycles. The lowest BCUT2D eigenvalue weighted by molar-refractivity contribution is -0.141. The van der Waals surface area contributed by atoms with E-state index < -0.39 is 0 Å². The van der Waals surface area contributed by atoms with Crippen LogP contribution < -0.4 is 0 Å². The molecule has 136 valence electrons. The molecule has 1 aromatic rings. The predicted octanol–water partition coefficient (Wildman–Crippen LogP) is 1.22. The van der Waals surface area contributed by atoms with E-state index in [0.29, 0.717) is 45.6 Å². The fourth-order valence-corrected chi connectivity index (χ4v) is 4.23. The molecule has 0 aliphatic carbocycles. The maximum absolute atomic E-state index is 12.7. The van der Waals surface area contributed by atoms with Crippen molar-refractivity contribution >= 4 is 29.1 Å². The zero-order valence-electron chi connectivity index (χ0n) is 14.6. The number of amides is 3. The maximum atomic E-state index is 12.7. The van der Waals surface area contributed by atoms with Crippen molar-refractivity contribution in [3.05, 3.63) is 22.4 Å². The second-order valence-electron chi connectivity index (χ2n) is 6.70. The third-order valence-corrected chi connectivity index (χ3v) is 5.78. The molecule has 25 heavy (non-hydrogen) atoms. The summed E-state index contributed by atoms with van der Waals surface area (Å²) in [6, 6.07) is 3.93. The van der Waals surface area contributed by atoms with Crippen LogP contribution in [-0.2, 0) is 20.8 Å². The monoisotopic (exact) mass is 363 g/mol. The summed E-state index contributed by atoms with van der Waals surface area (Å²) >= 11 is 1.59. The SMILES string of the molecule is CCCN1CC(C(=O)N2CCN(C(=O)Cc3cccs3)CC2)CC1=O. The van der Waals surface area contributed by atoms with Crippen LogP contribution in [0.15, 0.2) is 17.5 Å². The molecule has 1 aromatic heterocycles. The van der Waals surface area contributed by atoms with Gasteiger partial charge in [-0.05, 0) is 17.9 Å². The van der Waals surface area contributed by atoms with E-state index in [1.165, 1.54) is 0 Å². The van der Waals surface area contributed by atoms with Gasteiger partial charge in [0.05, 0.1) is 12.3 Å². The highest BCUT2D eigenvalue weighted by molar-refractivity contribution is 7.10. The highest BCUT2D eigenvalue weighted by Crippen LogP contribution is 2.21.